The van der Waals surface area contributed by atoms with Crippen LogP contribution in [-0.4, -0.2) is 63.1 Å². The molecule has 182 valence electrons. The lowest BCUT2D eigenvalue weighted by molar-refractivity contribution is -0.139. The van der Waals surface area contributed by atoms with Crippen molar-refractivity contribution in [3.63, 3.8) is 0 Å². The Balaban J connectivity index is 1.53. The van der Waals surface area contributed by atoms with E-state index in [1.54, 1.807) is 36.4 Å². The Labute approximate surface area is 205 Å². The molecule has 0 spiro atoms. The van der Waals surface area contributed by atoms with Crippen molar-refractivity contribution in [1.82, 2.24) is 19.7 Å². The molecule has 4 rings (SSSR count). The molecule has 1 aromatic carbocycles. The van der Waals surface area contributed by atoms with Crippen molar-refractivity contribution in [2.75, 3.05) is 19.0 Å². The smallest absolute Gasteiger partial charge is 0.309 e. The molecule has 1 aliphatic carbocycles. The predicted octanol–water partition coefficient (Wildman–Crippen LogP) is 1.53. The van der Waals surface area contributed by atoms with E-state index in [2.05, 4.69) is 20.1 Å². The van der Waals surface area contributed by atoms with Gasteiger partial charge in [0, 0.05) is 11.4 Å². The first-order valence-corrected chi connectivity index (χ1v) is 11.2. The van der Waals surface area contributed by atoms with Gasteiger partial charge in [0.1, 0.15) is 24.1 Å². The quantitative estimate of drug-likeness (QED) is 0.335. The zero-order valence-corrected chi connectivity index (χ0v) is 19.6. The number of amides is 3. The van der Waals surface area contributed by atoms with Gasteiger partial charge in [-0.25, -0.2) is 4.98 Å². The second-order valence-electron chi connectivity index (χ2n) is 8.12. The molecule has 35 heavy (non-hydrogen) atoms. The molecule has 2 heterocycles. The molecule has 3 N–H and O–H groups in total. The Kier molecular flexibility index (Phi) is 6.97. The number of carbonyl (C=O) groups excluding carboxylic acids is 4. The predicted molar refractivity (Wildman–Crippen MR) is 127 cm³/mol. The lowest BCUT2D eigenvalue weighted by Crippen LogP contribution is -2.41. The van der Waals surface area contributed by atoms with Crippen LogP contribution in [0.2, 0.25) is 5.15 Å². The summed E-state index contributed by atoms with van der Waals surface area (Å²) in [4.78, 5) is 54.9. The van der Waals surface area contributed by atoms with E-state index in [0.29, 0.717) is 16.5 Å². The van der Waals surface area contributed by atoms with E-state index < -0.39 is 17.8 Å². The maximum atomic E-state index is 13.2. The van der Waals surface area contributed by atoms with Crippen LogP contribution >= 0.6 is 11.6 Å². The molecular formula is C23H23ClN6O5. The van der Waals surface area contributed by atoms with E-state index in [9.17, 15) is 19.2 Å². The van der Waals surface area contributed by atoms with E-state index in [1.807, 2.05) is 0 Å². The maximum Gasteiger partial charge on any atom is 0.309 e. The van der Waals surface area contributed by atoms with Crippen molar-refractivity contribution in [1.29, 1.82) is 0 Å². The second kappa shape index (κ2) is 10.1. The molecule has 0 radical (unpaired) electrons. The average Bonchev–Trinajstić information content (AvgIpc) is 3.59. The number of primary amides is 1. The summed E-state index contributed by atoms with van der Waals surface area (Å²) in [5.74, 6) is -1.64. The number of pyridine rings is 1. The summed E-state index contributed by atoms with van der Waals surface area (Å²) in [6.45, 7) is -0.359. The third kappa shape index (κ3) is 5.75. The van der Waals surface area contributed by atoms with Gasteiger partial charge in [0.25, 0.3) is 5.91 Å². The number of methoxy groups -OCH3 is 1. The zero-order chi connectivity index (χ0) is 25.1. The van der Waals surface area contributed by atoms with Crippen LogP contribution in [-0.2, 0) is 32.1 Å². The molecule has 0 atom stereocenters. The number of benzene rings is 1. The van der Waals surface area contributed by atoms with Crippen LogP contribution in [0.5, 0.6) is 0 Å². The van der Waals surface area contributed by atoms with Crippen LogP contribution in [0.3, 0.4) is 0 Å². The fraction of sp³-hybridized carbons (Fsp3) is 0.304. The first kappa shape index (κ1) is 24.1. The maximum absolute atomic E-state index is 13.2. The van der Waals surface area contributed by atoms with Crippen molar-refractivity contribution in [2.45, 2.75) is 31.8 Å². The highest BCUT2D eigenvalue weighted by Gasteiger charge is 2.34. The van der Waals surface area contributed by atoms with E-state index in [4.69, 9.17) is 17.3 Å². The highest BCUT2D eigenvalue weighted by atomic mass is 35.5. The van der Waals surface area contributed by atoms with Gasteiger partial charge in [-0.2, -0.15) is 5.10 Å². The first-order chi connectivity index (χ1) is 16.7. The Morgan fingerprint density at radius 3 is 2.66 bits per heavy atom. The fourth-order valence-electron chi connectivity index (χ4n) is 3.72. The minimum atomic E-state index is -0.760. The molecule has 3 aromatic rings. The number of esters is 1. The molecule has 11 nitrogen and oxygen atoms in total. The number of nitrogens with one attached hydrogen (secondary N) is 1. The van der Waals surface area contributed by atoms with Gasteiger partial charge in [0.05, 0.1) is 19.0 Å². The van der Waals surface area contributed by atoms with Crippen LogP contribution in [0.25, 0.3) is 10.9 Å². The molecule has 0 aliphatic heterocycles. The van der Waals surface area contributed by atoms with Gasteiger partial charge in [0.2, 0.25) is 11.8 Å². The van der Waals surface area contributed by atoms with Gasteiger partial charge in [-0.15, -0.1) is 0 Å². The third-order valence-corrected chi connectivity index (χ3v) is 5.72. The number of halogens is 1. The highest BCUT2D eigenvalue weighted by Crippen LogP contribution is 2.28. The zero-order valence-electron chi connectivity index (χ0n) is 18.9. The number of fused-ring (bicyclic) bond motifs is 1. The number of nitrogens with two attached hydrogens (primary N) is 1. The standard InChI is InChI=1S/C23H23ClN6O5/c1-35-21(33)10-13-5-8-16-15(9-13)22(23(25)34)28-30(16)12-20(32)29(14-6-7-14)11-19(31)27-18-4-2-3-17(24)26-18/h2-5,8-9,14H,6-7,10-12H2,1H3,(H2,25,34)(H,26,27,31). The molecule has 1 saturated carbocycles. The minimum absolute atomic E-state index is 0.0118. The van der Waals surface area contributed by atoms with Crippen LogP contribution in [0, 0.1) is 0 Å². The number of nitrogens with zero attached hydrogens (tertiary/aromatic N) is 4. The van der Waals surface area contributed by atoms with Gasteiger partial charge < -0.3 is 20.7 Å². The van der Waals surface area contributed by atoms with Crippen molar-refractivity contribution in [3.8, 4) is 0 Å². The highest BCUT2D eigenvalue weighted by molar-refractivity contribution is 6.29. The molecule has 2 aromatic heterocycles. The number of anilines is 1. The van der Waals surface area contributed by atoms with Crippen LogP contribution < -0.4 is 11.1 Å². The van der Waals surface area contributed by atoms with Gasteiger partial charge in [0.15, 0.2) is 5.69 Å². The van der Waals surface area contributed by atoms with Crippen LogP contribution in [0.4, 0.5) is 5.82 Å². The summed E-state index contributed by atoms with van der Waals surface area (Å²) < 4.78 is 6.07. The van der Waals surface area contributed by atoms with Crippen molar-refractivity contribution in [2.24, 2.45) is 5.73 Å². The topological polar surface area (TPSA) is 150 Å². The first-order valence-electron chi connectivity index (χ1n) is 10.8. The number of hydrogen-bond acceptors (Lipinski definition) is 7. The van der Waals surface area contributed by atoms with E-state index in [-0.39, 0.29) is 48.1 Å². The second-order valence-corrected chi connectivity index (χ2v) is 8.51. The Morgan fingerprint density at radius 1 is 1.23 bits per heavy atom. The largest absolute Gasteiger partial charge is 0.469 e. The lowest BCUT2D eigenvalue weighted by Gasteiger charge is -2.22. The number of rotatable bonds is 9. The monoisotopic (exact) mass is 498 g/mol. The van der Waals surface area contributed by atoms with Crippen LogP contribution in [0.15, 0.2) is 36.4 Å². The number of aromatic nitrogens is 3. The molecule has 0 bridgehead atoms. The van der Waals surface area contributed by atoms with E-state index >= 15 is 0 Å². The lowest BCUT2D eigenvalue weighted by atomic mass is 10.1. The van der Waals surface area contributed by atoms with E-state index in [0.717, 1.165) is 12.8 Å². The normalized spacial score (nSPS) is 12.9. The third-order valence-electron chi connectivity index (χ3n) is 5.51. The fourth-order valence-corrected chi connectivity index (χ4v) is 3.88. The molecule has 0 unspecified atom stereocenters. The Morgan fingerprint density at radius 2 is 2.00 bits per heavy atom. The molecule has 1 fully saturated rings. The molecule has 1 aliphatic rings. The van der Waals surface area contributed by atoms with Crippen molar-refractivity contribution in [3.05, 3.63) is 52.8 Å². The Bertz CT molecular complexity index is 1320. The van der Waals surface area contributed by atoms with Gasteiger partial charge >= 0.3 is 5.97 Å². The van der Waals surface area contributed by atoms with E-state index in [1.165, 1.54) is 16.7 Å². The molecular weight excluding hydrogens is 476 g/mol. The summed E-state index contributed by atoms with van der Waals surface area (Å²) in [5, 5.41) is 7.55. The number of ether oxygens (including phenoxy) is 1. The summed E-state index contributed by atoms with van der Waals surface area (Å²) in [6.07, 6.45) is 1.59. The van der Waals surface area contributed by atoms with Gasteiger partial charge in [-0.05, 0) is 42.7 Å². The van der Waals surface area contributed by atoms with Gasteiger partial charge in [-0.3, -0.25) is 23.9 Å². The summed E-state index contributed by atoms with van der Waals surface area (Å²) in [5.41, 5.74) is 6.61. The Hall–Kier alpha value is -3.99. The molecule has 3 amide bonds. The minimum Gasteiger partial charge on any atom is -0.469 e. The molecule has 12 heteroatoms. The average molecular weight is 499 g/mol. The summed E-state index contributed by atoms with van der Waals surface area (Å²) in [6, 6.07) is 9.78. The summed E-state index contributed by atoms with van der Waals surface area (Å²) in [7, 11) is 1.29. The van der Waals surface area contributed by atoms with Gasteiger partial charge in [-0.1, -0.05) is 23.7 Å². The van der Waals surface area contributed by atoms with Crippen molar-refractivity contribution < 1.29 is 23.9 Å². The molecule has 0 saturated heterocycles. The number of carbonyl (C=O) groups is 4. The van der Waals surface area contributed by atoms with Crippen molar-refractivity contribution >= 4 is 52.0 Å². The number of hydrogen-bond donors (Lipinski definition) is 2. The van der Waals surface area contributed by atoms with Crippen LogP contribution in [0.1, 0.15) is 28.9 Å². The SMILES string of the molecule is COC(=O)Cc1ccc2c(c1)c(C(N)=O)nn2CC(=O)N(CC(=O)Nc1cccc(Cl)n1)C1CC1. The summed E-state index contributed by atoms with van der Waals surface area (Å²) >= 11 is 5.86.